The Labute approximate surface area is 184 Å². The van der Waals surface area contributed by atoms with Crippen molar-refractivity contribution in [2.75, 3.05) is 7.11 Å². The lowest BCUT2D eigenvalue weighted by Gasteiger charge is -2.12. The zero-order valence-corrected chi connectivity index (χ0v) is 18.5. The third-order valence-electron chi connectivity index (χ3n) is 4.45. The summed E-state index contributed by atoms with van der Waals surface area (Å²) in [6.45, 7) is 6.07. The molecule has 0 spiro atoms. The molecule has 162 valence electrons. The predicted octanol–water partition coefficient (Wildman–Crippen LogP) is 4.75. The van der Waals surface area contributed by atoms with Crippen LogP contribution < -0.4 is 9.47 Å². The Bertz CT molecular complexity index is 1180. The summed E-state index contributed by atoms with van der Waals surface area (Å²) >= 11 is 5.21. The van der Waals surface area contributed by atoms with Gasteiger partial charge in [0.2, 0.25) is 10.5 Å². The van der Waals surface area contributed by atoms with Gasteiger partial charge in [0.1, 0.15) is 6.61 Å². The van der Waals surface area contributed by atoms with Crippen molar-refractivity contribution < 1.29 is 14.4 Å². The van der Waals surface area contributed by atoms with Gasteiger partial charge in [-0.25, -0.2) is 0 Å². The average molecular weight is 442 g/mol. The smallest absolute Gasteiger partial charge is 0.315 e. The molecule has 9 nitrogen and oxygen atoms in total. The number of rotatable bonds is 8. The second-order valence-electron chi connectivity index (χ2n) is 7.20. The fourth-order valence-electron chi connectivity index (χ4n) is 2.99. The molecule has 0 atom stereocenters. The molecule has 0 aliphatic carbocycles. The summed E-state index contributed by atoms with van der Waals surface area (Å²) in [5.74, 6) is 1.05. The molecule has 2 aromatic carbocycles. The van der Waals surface area contributed by atoms with Crippen molar-refractivity contribution >= 4 is 24.1 Å². The van der Waals surface area contributed by atoms with E-state index in [1.165, 1.54) is 24.1 Å². The molecule has 1 N–H and O–H groups in total. The van der Waals surface area contributed by atoms with Crippen molar-refractivity contribution in [3.63, 3.8) is 0 Å². The van der Waals surface area contributed by atoms with E-state index in [2.05, 4.69) is 15.3 Å². The van der Waals surface area contributed by atoms with Crippen LogP contribution in [0.3, 0.4) is 0 Å². The maximum Gasteiger partial charge on any atom is 0.315 e. The van der Waals surface area contributed by atoms with Crippen molar-refractivity contribution in [1.29, 1.82) is 0 Å². The lowest BCUT2D eigenvalue weighted by Crippen LogP contribution is -2.04. The lowest BCUT2D eigenvalue weighted by atomic mass is 10.1. The van der Waals surface area contributed by atoms with E-state index in [1.54, 1.807) is 6.07 Å². The first kappa shape index (κ1) is 22.2. The van der Waals surface area contributed by atoms with Gasteiger partial charge in [-0.2, -0.15) is 14.9 Å². The maximum atomic E-state index is 11.7. The molecule has 0 saturated carbocycles. The van der Waals surface area contributed by atoms with Gasteiger partial charge in [-0.05, 0) is 30.8 Å². The number of ether oxygens (including phenoxy) is 2. The second kappa shape index (κ2) is 9.52. The van der Waals surface area contributed by atoms with Crippen LogP contribution in [0.25, 0.3) is 0 Å². The van der Waals surface area contributed by atoms with Gasteiger partial charge in [-0.1, -0.05) is 43.7 Å². The Morgan fingerprint density at radius 2 is 2.13 bits per heavy atom. The number of methoxy groups -OCH3 is 1. The van der Waals surface area contributed by atoms with Gasteiger partial charge in [0.05, 0.1) is 18.2 Å². The molecule has 0 amide bonds. The van der Waals surface area contributed by atoms with E-state index in [0.717, 1.165) is 11.1 Å². The van der Waals surface area contributed by atoms with Gasteiger partial charge in [-0.3, -0.25) is 15.2 Å². The van der Waals surface area contributed by atoms with Crippen LogP contribution >= 0.6 is 12.2 Å². The zero-order chi connectivity index (χ0) is 22.5. The number of nitro groups is 1. The number of hydrogen-bond donors (Lipinski definition) is 1. The molecular formula is C21H23N5O4S. The van der Waals surface area contributed by atoms with Crippen LogP contribution in [0.5, 0.6) is 11.5 Å². The van der Waals surface area contributed by atoms with E-state index in [9.17, 15) is 10.1 Å². The van der Waals surface area contributed by atoms with Crippen molar-refractivity contribution in [2.45, 2.75) is 33.3 Å². The number of benzene rings is 2. The Hall–Kier alpha value is -3.53. The number of aromatic nitrogens is 3. The Morgan fingerprint density at radius 3 is 2.77 bits per heavy atom. The normalized spacial score (nSPS) is 11.3. The molecule has 0 bridgehead atoms. The third kappa shape index (κ3) is 5.15. The van der Waals surface area contributed by atoms with Gasteiger partial charge >= 0.3 is 5.69 Å². The van der Waals surface area contributed by atoms with Crippen LogP contribution in [0.1, 0.15) is 42.3 Å². The largest absolute Gasteiger partial charge is 0.493 e. The summed E-state index contributed by atoms with van der Waals surface area (Å²) < 4.78 is 13.0. The molecule has 0 aliphatic rings. The lowest BCUT2D eigenvalue weighted by molar-refractivity contribution is -0.386. The summed E-state index contributed by atoms with van der Waals surface area (Å²) in [4.78, 5) is 11.2. The molecule has 0 unspecified atom stereocenters. The maximum absolute atomic E-state index is 11.7. The monoisotopic (exact) mass is 441 g/mol. The quantitative estimate of drug-likeness (QED) is 0.234. The molecule has 1 aromatic heterocycles. The topological polar surface area (TPSA) is 108 Å². The molecular weight excluding hydrogens is 418 g/mol. The second-order valence-corrected chi connectivity index (χ2v) is 7.59. The van der Waals surface area contributed by atoms with Gasteiger partial charge in [0.15, 0.2) is 11.6 Å². The Morgan fingerprint density at radius 1 is 1.35 bits per heavy atom. The van der Waals surface area contributed by atoms with Crippen LogP contribution in [-0.4, -0.2) is 33.1 Å². The number of hydrogen-bond acceptors (Lipinski definition) is 7. The number of aromatic amines is 1. The SMILES string of the molecule is COc1cc(/C=N\n2c(C(C)C)n[nH]c2=S)cc([N+](=O)[O-])c1OCc1cccc(C)c1. The molecule has 0 fully saturated rings. The van der Waals surface area contributed by atoms with E-state index in [4.69, 9.17) is 21.7 Å². The van der Waals surface area contributed by atoms with E-state index >= 15 is 0 Å². The van der Waals surface area contributed by atoms with Crippen LogP contribution in [0.4, 0.5) is 5.69 Å². The van der Waals surface area contributed by atoms with Gasteiger partial charge in [0.25, 0.3) is 0 Å². The summed E-state index contributed by atoms with van der Waals surface area (Å²) in [7, 11) is 1.43. The first-order valence-electron chi connectivity index (χ1n) is 9.56. The molecule has 0 aliphatic heterocycles. The summed E-state index contributed by atoms with van der Waals surface area (Å²) in [6, 6.07) is 10.7. The highest BCUT2D eigenvalue weighted by atomic mass is 32.1. The van der Waals surface area contributed by atoms with Gasteiger partial charge in [-0.15, -0.1) is 0 Å². The Kier molecular flexibility index (Phi) is 6.81. The number of H-pyrrole nitrogens is 1. The third-order valence-corrected chi connectivity index (χ3v) is 4.72. The van der Waals surface area contributed by atoms with E-state index in [0.29, 0.717) is 16.2 Å². The molecule has 3 aromatic rings. The van der Waals surface area contributed by atoms with Crippen molar-refractivity contribution in [3.8, 4) is 11.5 Å². The zero-order valence-electron chi connectivity index (χ0n) is 17.7. The molecule has 1 heterocycles. The highest BCUT2D eigenvalue weighted by Gasteiger charge is 2.22. The van der Waals surface area contributed by atoms with Crippen LogP contribution in [0, 0.1) is 21.8 Å². The highest BCUT2D eigenvalue weighted by Crippen LogP contribution is 2.38. The molecule has 0 radical (unpaired) electrons. The van der Waals surface area contributed by atoms with Crippen LogP contribution in [-0.2, 0) is 6.61 Å². The summed E-state index contributed by atoms with van der Waals surface area (Å²) in [5, 5.41) is 22.9. The molecule has 10 heteroatoms. The fraction of sp³-hybridized carbons (Fsp3) is 0.286. The van der Waals surface area contributed by atoms with Crippen LogP contribution in [0.2, 0.25) is 0 Å². The first-order chi connectivity index (χ1) is 14.8. The van der Waals surface area contributed by atoms with Gasteiger partial charge in [0, 0.05) is 17.5 Å². The number of nitro benzene ring substituents is 1. The Balaban J connectivity index is 1.95. The number of nitrogens with one attached hydrogen (secondary N) is 1. The fourth-order valence-corrected chi connectivity index (χ4v) is 3.17. The minimum Gasteiger partial charge on any atom is -0.493 e. The summed E-state index contributed by atoms with van der Waals surface area (Å²) in [6.07, 6.45) is 1.47. The predicted molar refractivity (Wildman–Crippen MR) is 120 cm³/mol. The minimum atomic E-state index is -0.505. The van der Waals surface area contributed by atoms with E-state index in [-0.39, 0.29) is 29.7 Å². The minimum absolute atomic E-state index is 0.0638. The van der Waals surface area contributed by atoms with E-state index < -0.39 is 4.92 Å². The van der Waals surface area contributed by atoms with Gasteiger partial charge < -0.3 is 9.47 Å². The number of aryl methyl sites for hydroxylation is 1. The molecule has 3 rings (SSSR count). The van der Waals surface area contributed by atoms with Crippen molar-refractivity contribution in [2.24, 2.45) is 5.10 Å². The molecule has 31 heavy (non-hydrogen) atoms. The standard InChI is InChI=1S/C21H23N5O4S/c1-13(2)20-23-24-21(31)25(20)22-11-16-9-17(26(27)28)19(18(10-16)29-4)30-12-15-7-5-6-14(3)8-15/h5-11,13H,12H2,1-4H3,(H,24,31)/b22-11-. The summed E-state index contributed by atoms with van der Waals surface area (Å²) in [5.41, 5.74) is 2.22. The first-order valence-corrected chi connectivity index (χ1v) is 9.97. The number of nitrogens with zero attached hydrogens (tertiary/aromatic N) is 4. The average Bonchev–Trinajstić information content (AvgIpc) is 3.11. The van der Waals surface area contributed by atoms with E-state index in [1.807, 2.05) is 45.0 Å². The van der Waals surface area contributed by atoms with Crippen molar-refractivity contribution in [1.82, 2.24) is 14.9 Å². The highest BCUT2D eigenvalue weighted by molar-refractivity contribution is 7.71. The van der Waals surface area contributed by atoms with Crippen molar-refractivity contribution in [3.05, 3.63) is 73.8 Å². The molecule has 0 saturated heterocycles. The van der Waals surface area contributed by atoms with Crippen LogP contribution in [0.15, 0.2) is 41.5 Å².